The predicted molar refractivity (Wildman–Crippen MR) is 96.5 cm³/mol. The molecule has 0 N–H and O–H groups in total. The lowest BCUT2D eigenvalue weighted by atomic mass is 9.88. The zero-order valence-electron chi connectivity index (χ0n) is 15.3. The number of nitrogens with zero attached hydrogens (tertiary/aromatic N) is 1. The maximum Gasteiger partial charge on any atom is 0.309 e. The summed E-state index contributed by atoms with van der Waals surface area (Å²) in [5, 5.41) is 0. The molecule has 2 aliphatic rings. The molecule has 0 saturated heterocycles. The van der Waals surface area contributed by atoms with Crippen LogP contribution in [0.5, 0.6) is 5.75 Å². The highest BCUT2D eigenvalue weighted by molar-refractivity contribution is 6.01. The normalized spacial score (nSPS) is 18.2. The van der Waals surface area contributed by atoms with Gasteiger partial charge in [0.2, 0.25) is 0 Å². The van der Waals surface area contributed by atoms with Crippen molar-refractivity contribution in [3.63, 3.8) is 0 Å². The lowest BCUT2D eigenvalue weighted by Crippen LogP contribution is -2.50. The molecule has 1 saturated carbocycles. The van der Waals surface area contributed by atoms with Gasteiger partial charge in [-0.05, 0) is 64.3 Å². The molecular formula is C20H25NO4. The molecule has 0 spiro atoms. The number of carbonyl (C=O) groups is 2. The number of fused-ring (bicyclic) bond motifs is 1. The largest absolute Gasteiger partial charge is 0.494 e. The van der Waals surface area contributed by atoms with Gasteiger partial charge >= 0.3 is 5.97 Å². The van der Waals surface area contributed by atoms with Crippen LogP contribution < -0.4 is 9.64 Å². The summed E-state index contributed by atoms with van der Waals surface area (Å²) < 4.78 is 10.8. The Morgan fingerprint density at radius 2 is 2.00 bits per heavy atom. The molecule has 1 aromatic rings. The van der Waals surface area contributed by atoms with Crippen molar-refractivity contribution < 1.29 is 19.1 Å². The number of benzene rings is 1. The smallest absolute Gasteiger partial charge is 0.309 e. The van der Waals surface area contributed by atoms with Gasteiger partial charge in [-0.15, -0.1) is 0 Å². The van der Waals surface area contributed by atoms with Crippen LogP contribution in [0.3, 0.4) is 0 Å². The third kappa shape index (κ3) is 3.55. The number of carbonyl (C=O) groups excluding carboxylic acids is 2. The topological polar surface area (TPSA) is 55.8 Å². The number of ether oxygens (including phenoxy) is 2. The van der Waals surface area contributed by atoms with Crippen LogP contribution in [0.1, 0.15) is 46.1 Å². The first-order valence-electron chi connectivity index (χ1n) is 8.80. The zero-order chi connectivity index (χ0) is 18.2. The van der Waals surface area contributed by atoms with E-state index in [1.165, 1.54) is 0 Å². The fourth-order valence-electron chi connectivity index (χ4n) is 3.36. The minimum Gasteiger partial charge on any atom is -0.494 e. The molecule has 0 aromatic heterocycles. The zero-order valence-corrected chi connectivity index (χ0v) is 15.3. The molecule has 0 radical (unpaired) electrons. The first-order valence-corrected chi connectivity index (χ1v) is 8.80. The Bertz CT molecular complexity index is 731. The van der Waals surface area contributed by atoms with Crippen molar-refractivity contribution in [1.82, 2.24) is 0 Å². The van der Waals surface area contributed by atoms with Gasteiger partial charge in [0.15, 0.2) is 6.61 Å². The molecule has 0 unspecified atom stereocenters. The molecule has 5 nitrogen and oxygen atoms in total. The molecule has 1 heterocycles. The Balaban J connectivity index is 1.87. The molecule has 1 amide bonds. The molecule has 1 aromatic carbocycles. The number of allylic oxidation sites excluding steroid dienone is 1. The van der Waals surface area contributed by atoms with Crippen LogP contribution in [0, 0.1) is 5.92 Å². The number of esters is 1. The van der Waals surface area contributed by atoms with Gasteiger partial charge in [0.25, 0.3) is 5.91 Å². The molecule has 1 aliphatic carbocycles. The number of anilines is 1. The average Bonchev–Trinajstić information content (AvgIpc) is 3.37. The molecule has 1 fully saturated rings. The van der Waals surface area contributed by atoms with Gasteiger partial charge in [0.1, 0.15) is 5.75 Å². The number of hydrogen-bond donors (Lipinski definition) is 0. The van der Waals surface area contributed by atoms with E-state index < -0.39 is 5.54 Å². The van der Waals surface area contributed by atoms with Gasteiger partial charge in [0.05, 0.1) is 23.8 Å². The summed E-state index contributed by atoms with van der Waals surface area (Å²) in [6, 6.07) is 5.73. The summed E-state index contributed by atoms with van der Waals surface area (Å²) in [5.41, 5.74) is 2.39. The molecule has 3 rings (SSSR count). The van der Waals surface area contributed by atoms with Gasteiger partial charge in [-0.2, -0.15) is 0 Å². The summed E-state index contributed by atoms with van der Waals surface area (Å²) in [6.45, 7) is 8.30. The lowest BCUT2D eigenvalue weighted by molar-refractivity contribution is -0.149. The predicted octanol–water partition coefficient (Wildman–Crippen LogP) is 3.57. The second-order valence-electron chi connectivity index (χ2n) is 7.20. The number of hydrogen-bond acceptors (Lipinski definition) is 4. The van der Waals surface area contributed by atoms with Crippen LogP contribution in [0.4, 0.5) is 5.69 Å². The Morgan fingerprint density at radius 1 is 1.28 bits per heavy atom. The van der Waals surface area contributed by atoms with E-state index in [4.69, 9.17) is 9.47 Å². The summed E-state index contributed by atoms with van der Waals surface area (Å²) in [5.74, 6) is 0.293. The number of amides is 1. The lowest BCUT2D eigenvalue weighted by Gasteiger charge is -2.41. The third-order valence-electron chi connectivity index (χ3n) is 4.59. The van der Waals surface area contributed by atoms with E-state index in [1.54, 1.807) is 4.90 Å². The van der Waals surface area contributed by atoms with E-state index in [1.807, 2.05) is 45.9 Å². The third-order valence-corrected chi connectivity index (χ3v) is 4.59. The second-order valence-corrected chi connectivity index (χ2v) is 7.20. The van der Waals surface area contributed by atoms with E-state index in [0.29, 0.717) is 6.61 Å². The van der Waals surface area contributed by atoms with Crippen LogP contribution in [0.2, 0.25) is 0 Å². The minimum atomic E-state index is -0.493. The summed E-state index contributed by atoms with van der Waals surface area (Å²) in [4.78, 5) is 26.3. The molecule has 134 valence electrons. The van der Waals surface area contributed by atoms with E-state index >= 15 is 0 Å². The van der Waals surface area contributed by atoms with E-state index in [-0.39, 0.29) is 24.4 Å². The molecule has 0 atom stereocenters. The first-order chi connectivity index (χ1) is 11.8. The maximum absolute atomic E-state index is 12.8. The quantitative estimate of drug-likeness (QED) is 0.767. The highest BCUT2D eigenvalue weighted by Crippen LogP contribution is 2.40. The van der Waals surface area contributed by atoms with Crippen molar-refractivity contribution in [2.45, 2.75) is 46.1 Å². The van der Waals surface area contributed by atoms with Gasteiger partial charge < -0.3 is 9.47 Å². The SMILES string of the molecule is CCOc1ccc2c(c1)C(C)=CC(C)(C)N2C(=O)COC(=O)C1CC1. The van der Waals surface area contributed by atoms with Gasteiger partial charge in [-0.25, -0.2) is 0 Å². The van der Waals surface area contributed by atoms with Gasteiger partial charge in [-0.1, -0.05) is 6.08 Å². The Kier molecular flexibility index (Phi) is 4.58. The first kappa shape index (κ1) is 17.5. The number of rotatable bonds is 5. The highest BCUT2D eigenvalue weighted by Gasteiger charge is 2.37. The molecule has 25 heavy (non-hydrogen) atoms. The van der Waals surface area contributed by atoms with E-state index in [0.717, 1.165) is 35.4 Å². The molecule has 5 heteroatoms. The Labute approximate surface area is 148 Å². The van der Waals surface area contributed by atoms with Crippen LogP contribution in [-0.4, -0.2) is 30.6 Å². The van der Waals surface area contributed by atoms with Crippen LogP contribution >= 0.6 is 0 Å². The van der Waals surface area contributed by atoms with Crippen LogP contribution in [-0.2, 0) is 14.3 Å². The molecular weight excluding hydrogens is 318 g/mol. The Morgan fingerprint density at radius 3 is 2.64 bits per heavy atom. The van der Waals surface area contributed by atoms with Crippen LogP contribution in [0.15, 0.2) is 24.3 Å². The van der Waals surface area contributed by atoms with Crippen molar-refractivity contribution in [3.05, 3.63) is 29.8 Å². The molecule has 1 aliphatic heterocycles. The average molecular weight is 343 g/mol. The Hall–Kier alpha value is -2.30. The second kappa shape index (κ2) is 6.54. The van der Waals surface area contributed by atoms with Crippen molar-refractivity contribution in [2.24, 2.45) is 5.92 Å². The van der Waals surface area contributed by atoms with Crippen molar-refractivity contribution in [2.75, 3.05) is 18.1 Å². The highest BCUT2D eigenvalue weighted by atomic mass is 16.5. The maximum atomic E-state index is 12.8. The summed E-state index contributed by atoms with van der Waals surface area (Å²) >= 11 is 0. The monoisotopic (exact) mass is 343 g/mol. The summed E-state index contributed by atoms with van der Waals surface area (Å²) in [7, 11) is 0. The van der Waals surface area contributed by atoms with E-state index in [9.17, 15) is 9.59 Å². The summed E-state index contributed by atoms with van der Waals surface area (Å²) in [6.07, 6.45) is 3.80. The fraction of sp³-hybridized carbons (Fsp3) is 0.500. The minimum absolute atomic E-state index is 0.00894. The van der Waals surface area contributed by atoms with Crippen molar-refractivity contribution in [3.8, 4) is 5.75 Å². The molecule has 0 bridgehead atoms. The fourth-order valence-corrected chi connectivity index (χ4v) is 3.36. The van der Waals surface area contributed by atoms with Crippen LogP contribution in [0.25, 0.3) is 5.57 Å². The standard InChI is InChI=1S/C20H25NO4/c1-5-24-15-8-9-17-16(10-15)13(2)11-20(3,4)21(17)18(22)12-25-19(23)14-6-7-14/h8-11,14H,5-7,12H2,1-4H3. The van der Waals surface area contributed by atoms with Gasteiger partial charge in [0, 0.05) is 5.56 Å². The van der Waals surface area contributed by atoms with Crippen molar-refractivity contribution in [1.29, 1.82) is 0 Å². The van der Waals surface area contributed by atoms with Crippen molar-refractivity contribution >= 4 is 23.1 Å². The van der Waals surface area contributed by atoms with E-state index in [2.05, 4.69) is 6.08 Å². The van der Waals surface area contributed by atoms with Gasteiger partial charge in [-0.3, -0.25) is 14.5 Å².